The molecule has 0 amide bonds. The Morgan fingerprint density at radius 2 is 2.08 bits per heavy atom. The molecule has 1 aliphatic heterocycles. The summed E-state index contributed by atoms with van der Waals surface area (Å²) in [6.07, 6.45) is -1.47. The molecule has 70 valence electrons. The molecule has 2 rings (SSSR count). The first-order valence-corrected chi connectivity index (χ1v) is 3.93. The van der Waals surface area contributed by atoms with Gasteiger partial charge in [0.1, 0.15) is 18.0 Å². The second-order valence-corrected chi connectivity index (χ2v) is 3.07. The zero-order chi connectivity index (χ0) is 9.59. The average molecular weight is 186 g/mol. The molecule has 13 heavy (non-hydrogen) atoms. The first-order valence-electron chi connectivity index (χ1n) is 3.93. The summed E-state index contributed by atoms with van der Waals surface area (Å²) in [5.74, 6) is -1.51. The maximum absolute atomic E-state index is 13.0. The first kappa shape index (κ1) is 8.44. The van der Waals surface area contributed by atoms with Crippen molar-refractivity contribution in [3.8, 4) is 5.75 Å². The van der Waals surface area contributed by atoms with Gasteiger partial charge < -0.3 is 9.84 Å². The number of halogens is 2. The summed E-state index contributed by atoms with van der Waals surface area (Å²) in [5.41, 5.74) is 0.185. The van der Waals surface area contributed by atoms with Crippen molar-refractivity contribution in [1.29, 1.82) is 0 Å². The quantitative estimate of drug-likeness (QED) is 0.669. The van der Waals surface area contributed by atoms with Crippen molar-refractivity contribution in [2.75, 3.05) is 0 Å². The molecule has 1 aromatic rings. The van der Waals surface area contributed by atoms with Crippen molar-refractivity contribution in [2.24, 2.45) is 0 Å². The predicted molar refractivity (Wildman–Crippen MR) is 41.4 cm³/mol. The summed E-state index contributed by atoms with van der Waals surface area (Å²) in [5, 5.41) is 9.44. The molecule has 1 aliphatic rings. The summed E-state index contributed by atoms with van der Waals surface area (Å²) < 4.78 is 30.8. The van der Waals surface area contributed by atoms with E-state index in [1.807, 2.05) is 0 Å². The molecule has 4 heteroatoms. The SMILES string of the molecule is CC1Oc2c(F)cc(F)cc2C1O. The fourth-order valence-corrected chi connectivity index (χ4v) is 1.43. The second kappa shape index (κ2) is 2.67. The van der Waals surface area contributed by atoms with Crippen molar-refractivity contribution in [3.05, 3.63) is 29.3 Å². The largest absolute Gasteiger partial charge is 0.484 e. The third-order valence-electron chi connectivity index (χ3n) is 2.10. The zero-order valence-corrected chi connectivity index (χ0v) is 6.92. The lowest BCUT2D eigenvalue weighted by Gasteiger charge is -2.06. The molecule has 2 atom stereocenters. The standard InChI is InChI=1S/C9H8F2O2/c1-4-8(12)6-2-5(10)3-7(11)9(6)13-4/h2-4,8,12H,1H3. The van der Waals surface area contributed by atoms with Gasteiger partial charge in [-0.25, -0.2) is 8.78 Å². The average Bonchev–Trinajstić information content (AvgIpc) is 2.32. The number of fused-ring (bicyclic) bond motifs is 1. The van der Waals surface area contributed by atoms with Crippen LogP contribution < -0.4 is 4.74 Å². The number of aliphatic hydroxyl groups excluding tert-OH is 1. The van der Waals surface area contributed by atoms with E-state index in [2.05, 4.69) is 0 Å². The Morgan fingerprint density at radius 3 is 2.77 bits per heavy atom. The van der Waals surface area contributed by atoms with E-state index in [1.54, 1.807) is 6.92 Å². The van der Waals surface area contributed by atoms with Crippen molar-refractivity contribution >= 4 is 0 Å². The Bertz CT molecular complexity index is 352. The van der Waals surface area contributed by atoms with Gasteiger partial charge in [-0.2, -0.15) is 0 Å². The fourth-order valence-electron chi connectivity index (χ4n) is 1.43. The van der Waals surface area contributed by atoms with Gasteiger partial charge in [-0.3, -0.25) is 0 Å². The van der Waals surface area contributed by atoms with Gasteiger partial charge in [-0.1, -0.05) is 0 Å². The van der Waals surface area contributed by atoms with E-state index in [0.717, 1.165) is 12.1 Å². The Labute approximate surface area is 73.8 Å². The van der Waals surface area contributed by atoms with Gasteiger partial charge in [0, 0.05) is 11.6 Å². The molecule has 1 aromatic carbocycles. The summed E-state index contributed by atoms with van der Waals surface area (Å²) in [7, 11) is 0. The Kier molecular flexibility index (Phi) is 1.73. The van der Waals surface area contributed by atoms with Crippen LogP contribution in [0.1, 0.15) is 18.6 Å². The zero-order valence-electron chi connectivity index (χ0n) is 6.92. The summed E-state index contributed by atoms with van der Waals surface area (Å²) in [6.45, 7) is 1.60. The van der Waals surface area contributed by atoms with Crippen molar-refractivity contribution in [1.82, 2.24) is 0 Å². The summed E-state index contributed by atoms with van der Waals surface area (Å²) in [4.78, 5) is 0. The first-order chi connectivity index (χ1) is 6.09. The van der Waals surface area contributed by atoms with Crippen molar-refractivity contribution in [3.63, 3.8) is 0 Å². The highest BCUT2D eigenvalue weighted by Gasteiger charge is 2.32. The summed E-state index contributed by atoms with van der Waals surface area (Å²) >= 11 is 0. The van der Waals surface area contributed by atoms with Crippen LogP contribution in [0.25, 0.3) is 0 Å². The molecule has 1 N–H and O–H groups in total. The lowest BCUT2D eigenvalue weighted by Crippen LogP contribution is -2.12. The topological polar surface area (TPSA) is 29.5 Å². The van der Waals surface area contributed by atoms with Crippen LogP contribution in [-0.2, 0) is 0 Å². The van der Waals surface area contributed by atoms with Crippen LogP contribution in [-0.4, -0.2) is 11.2 Å². The third-order valence-corrected chi connectivity index (χ3v) is 2.10. The van der Waals surface area contributed by atoms with Crippen molar-refractivity contribution in [2.45, 2.75) is 19.1 Å². The molecule has 0 radical (unpaired) electrons. The minimum absolute atomic E-state index is 0.0404. The van der Waals surface area contributed by atoms with E-state index in [1.165, 1.54) is 0 Å². The molecule has 0 saturated heterocycles. The van der Waals surface area contributed by atoms with E-state index < -0.39 is 23.8 Å². The van der Waals surface area contributed by atoms with Crippen molar-refractivity contribution < 1.29 is 18.6 Å². The minimum Gasteiger partial charge on any atom is -0.484 e. The highest BCUT2D eigenvalue weighted by molar-refractivity contribution is 5.41. The molecular formula is C9H8F2O2. The van der Waals surface area contributed by atoms with Crippen LogP contribution in [0.15, 0.2) is 12.1 Å². The Morgan fingerprint density at radius 1 is 1.38 bits per heavy atom. The predicted octanol–water partition coefficient (Wildman–Crippen LogP) is 1.78. The highest BCUT2D eigenvalue weighted by atomic mass is 19.1. The van der Waals surface area contributed by atoms with Crippen LogP contribution in [0.2, 0.25) is 0 Å². The van der Waals surface area contributed by atoms with Crippen LogP contribution in [0, 0.1) is 11.6 Å². The van der Waals surface area contributed by atoms with E-state index in [9.17, 15) is 13.9 Å². The number of hydrogen-bond donors (Lipinski definition) is 1. The Balaban J connectivity index is 2.57. The van der Waals surface area contributed by atoms with Crippen LogP contribution in [0.4, 0.5) is 8.78 Å². The third kappa shape index (κ3) is 1.18. The lowest BCUT2D eigenvalue weighted by molar-refractivity contribution is 0.0782. The number of benzene rings is 1. The minimum atomic E-state index is -0.944. The van der Waals surface area contributed by atoms with Gasteiger partial charge >= 0.3 is 0 Å². The molecule has 2 unspecified atom stereocenters. The van der Waals surface area contributed by atoms with E-state index >= 15 is 0 Å². The molecule has 0 fully saturated rings. The van der Waals surface area contributed by atoms with Gasteiger partial charge in [-0.15, -0.1) is 0 Å². The van der Waals surface area contributed by atoms with Crippen LogP contribution in [0.3, 0.4) is 0 Å². The lowest BCUT2D eigenvalue weighted by atomic mass is 10.1. The summed E-state index contributed by atoms with van der Waals surface area (Å²) in [6, 6.07) is 1.83. The second-order valence-electron chi connectivity index (χ2n) is 3.07. The molecule has 0 aliphatic carbocycles. The monoisotopic (exact) mass is 186 g/mol. The number of ether oxygens (including phenoxy) is 1. The van der Waals surface area contributed by atoms with Gasteiger partial charge in [0.2, 0.25) is 0 Å². The van der Waals surface area contributed by atoms with Gasteiger partial charge in [-0.05, 0) is 13.0 Å². The van der Waals surface area contributed by atoms with Gasteiger partial charge in [0.15, 0.2) is 11.6 Å². The molecule has 0 aromatic heterocycles. The number of rotatable bonds is 0. The normalized spacial score (nSPS) is 25.5. The highest BCUT2D eigenvalue weighted by Crippen LogP contribution is 2.38. The van der Waals surface area contributed by atoms with Gasteiger partial charge in [0.25, 0.3) is 0 Å². The van der Waals surface area contributed by atoms with Gasteiger partial charge in [0.05, 0.1) is 0 Å². The number of hydrogen-bond acceptors (Lipinski definition) is 2. The van der Waals surface area contributed by atoms with E-state index in [4.69, 9.17) is 4.74 Å². The molecule has 1 heterocycles. The molecular weight excluding hydrogens is 178 g/mol. The maximum atomic E-state index is 13.0. The Hall–Kier alpha value is -1.16. The van der Waals surface area contributed by atoms with E-state index in [-0.39, 0.29) is 11.3 Å². The molecule has 0 saturated carbocycles. The fraction of sp³-hybridized carbons (Fsp3) is 0.333. The maximum Gasteiger partial charge on any atom is 0.168 e. The van der Waals surface area contributed by atoms with E-state index in [0.29, 0.717) is 0 Å². The molecule has 2 nitrogen and oxygen atoms in total. The number of aliphatic hydroxyl groups is 1. The smallest absolute Gasteiger partial charge is 0.168 e. The molecule has 0 bridgehead atoms. The van der Waals surface area contributed by atoms with Crippen LogP contribution in [0.5, 0.6) is 5.75 Å². The molecule has 0 spiro atoms. The van der Waals surface area contributed by atoms with Crippen LogP contribution >= 0.6 is 0 Å².